The van der Waals surface area contributed by atoms with Gasteiger partial charge in [-0.05, 0) is 36.6 Å². The second-order valence-corrected chi connectivity index (χ2v) is 9.99. The quantitative estimate of drug-likeness (QED) is 0.237. The third kappa shape index (κ3) is 4.98. The number of hydrogen-bond acceptors (Lipinski definition) is 7. The minimum atomic E-state index is -3.82. The van der Waals surface area contributed by atoms with E-state index in [2.05, 4.69) is 20.0 Å². The van der Waals surface area contributed by atoms with E-state index in [1.807, 2.05) is 30.3 Å². The van der Waals surface area contributed by atoms with Gasteiger partial charge in [0.25, 0.3) is 10.0 Å². The van der Waals surface area contributed by atoms with Gasteiger partial charge in [0.2, 0.25) is 0 Å². The van der Waals surface area contributed by atoms with Gasteiger partial charge in [-0.2, -0.15) is 15.3 Å². The van der Waals surface area contributed by atoms with Crippen LogP contribution in [0.25, 0.3) is 5.69 Å². The summed E-state index contributed by atoms with van der Waals surface area (Å²) in [7, 11) is -3.82. The van der Waals surface area contributed by atoms with Crippen molar-refractivity contribution in [3.05, 3.63) is 94.1 Å². The van der Waals surface area contributed by atoms with Crippen molar-refractivity contribution >= 4 is 50.8 Å². The first-order chi connectivity index (χ1) is 15.9. The number of aryl methyl sites for hydroxylation is 1. The van der Waals surface area contributed by atoms with Gasteiger partial charge in [0.1, 0.15) is 9.36 Å². The number of aromatic nitrogens is 2. The Bertz CT molecular complexity index is 1430. The van der Waals surface area contributed by atoms with Gasteiger partial charge in [-0.3, -0.25) is 4.72 Å². The van der Waals surface area contributed by atoms with Gasteiger partial charge in [-0.1, -0.05) is 54.1 Å². The number of nitrogens with one attached hydrogen (secondary N) is 1. The Morgan fingerprint density at radius 3 is 2.58 bits per heavy atom. The first-order valence-electron chi connectivity index (χ1n) is 9.61. The predicted octanol–water partition coefficient (Wildman–Crippen LogP) is 3.84. The lowest BCUT2D eigenvalue weighted by atomic mass is 10.2. The molecule has 11 heteroatoms. The van der Waals surface area contributed by atoms with E-state index in [-0.39, 0.29) is 15.5 Å². The second-order valence-electron chi connectivity index (χ2n) is 6.77. The Morgan fingerprint density at radius 2 is 1.85 bits per heavy atom. The standard InChI is InChI=1S/C22H18ClN5O3S2/c1-15-18(21(23)28(26-15)16-8-3-2-4-9-16)14-24-25-22(29)17-10-5-6-11-19(17)27-33(30,31)20-12-7-13-32-20/h2-14,27H,1H3,(H,25,29)/p-1/b24-14-. The molecule has 0 aliphatic carbocycles. The van der Waals surface area contributed by atoms with Gasteiger partial charge in [0, 0.05) is 11.5 Å². The topological polar surface area (TPSA) is 112 Å². The van der Waals surface area contributed by atoms with Crippen LogP contribution in [0.4, 0.5) is 5.69 Å². The van der Waals surface area contributed by atoms with Crippen molar-refractivity contribution in [1.82, 2.24) is 9.78 Å². The SMILES string of the molecule is Cc1nn(-c2ccccc2)c(Cl)c1/C=N\N=C([O-])c1ccccc1NS(=O)(=O)c1cccs1. The molecule has 4 rings (SSSR count). The third-order valence-electron chi connectivity index (χ3n) is 4.55. The van der Waals surface area contributed by atoms with E-state index >= 15 is 0 Å². The number of anilines is 1. The largest absolute Gasteiger partial charge is 0.857 e. The monoisotopic (exact) mass is 498 g/mol. The molecule has 2 aromatic carbocycles. The molecule has 0 atom stereocenters. The van der Waals surface area contributed by atoms with Gasteiger partial charge >= 0.3 is 0 Å². The average Bonchev–Trinajstić information content (AvgIpc) is 3.45. The van der Waals surface area contributed by atoms with Crippen LogP contribution in [0.15, 0.2) is 86.5 Å². The highest BCUT2D eigenvalue weighted by atomic mass is 35.5. The molecule has 0 unspecified atom stereocenters. The minimum Gasteiger partial charge on any atom is -0.857 e. The number of sulfonamides is 1. The lowest BCUT2D eigenvalue weighted by Gasteiger charge is -2.15. The number of thiophene rings is 1. The molecule has 0 saturated carbocycles. The molecule has 2 aromatic heterocycles. The number of para-hydroxylation sites is 2. The predicted molar refractivity (Wildman–Crippen MR) is 129 cm³/mol. The van der Waals surface area contributed by atoms with Crippen molar-refractivity contribution in [3.8, 4) is 5.69 Å². The molecule has 33 heavy (non-hydrogen) atoms. The number of hydrogen-bond donors (Lipinski definition) is 1. The van der Waals surface area contributed by atoms with Gasteiger partial charge in [0.15, 0.2) is 0 Å². The van der Waals surface area contributed by atoms with Crippen LogP contribution in [0, 0.1) is 6.92 Å². The molecular formula is C22H17ClN5O3S2-. The highest BCUT2D eigenvalue weighted by molar-refractivity contribution is 7.94. The summed E-state index contributed by atoms with van der Waals surface area (Å²) in [6.07, 6.45) is 1.35. The molecule has 0 aliphatic heterocycles. The van der Waals surface area contributed by atoms with E-state index < -0.39 is 15.9 Å². The summed E-state index contributed by atoms with van der Waals surface area (Å²) in [5.74, 6) is -0.708. The Balaban J connectivity index is 1.59. The van der Waals surface area contributed by atoms with Crippen LogP contribution < -0.4 is 9.83 Å². The Morgan fingerprint density at radius 1 is 1.12 bits per heavy atom. The van der Waals surface area contributed by atoms with Crippen molar-refractivity contribution < 1.29 is 13.5 Å². The molecule has 0 radical (unpaired) electrons. The molecule has 1 N–H and O–H groups in total. The summed E-state index contributed by atoms with van der Waals surface area (Å²) in [6, 6.07) is 18.7. The molecule has 4 aromatic rings. The lowest BCUT2D eigenvalue weighted by molar-refractivity contribution is -0.213. The molecule has 0 bridgehead atoms. The molecular weight excluding hydrogens is 482 g/mol. The van der Waals surface area contributed by atoms with Crippen molar-refractivity contribution in [2.45, 2.75) is 11.1 Å². The first kappa shape index (κ1) is 22.7. The van der Waals surface area contributed by atoms with Crippen LogP contribution >= 0.6 is 22.9 Å². The molecule has 0 saturated heterocycles. The highest BCUT2D eigenvalue weighted by Gasteiger charge is 2.17. The van der Waals surface area contributed by atoms with Crippen molar-refractivity contribution in [2.24, 2.45) is 10.2 Å². The fourth-order valence-electron chi connectivity index (χ4n) is 2.96. The zero-order chi connectivity index (χ0) is 23.4. The first-order valence-corrected chi connectivity index (χ1v) is 12.3. The van der Waals surface area contributed by atoms with Crippen LogP contribution in [0.5, 0.6) is 0 Å². The van der Waals surface area contributed by atoms with E-state index in [1.54, 1.807) is 35.2 Å². The van der Waals surface area contributed by atoms with E-state index in [9.17, 15) is 13.5 Å². The molecule has 168 valence electrons. The van der Waals surface area contributed by atoms with Gasteiger partial charge in [0.05, 0.1) is 28.8 Å². The summed E-state index contributed by atoms with van der Waals surface area (Å²) in [5, 5.41) is 26.6. The van der Waals surface area contributed by atoms with Crippen LogP contribution in [-0.4, -0.2) is 30.3 Å². The normalized spacial score (nSPS) is 12.4. The third-order valence-corrected chi connectivity index (χ3v) is 7.67. The summed E-state index contributed by atoms with van der Waals surface area (Å²) < 4.78 is 29.2. The van der Waals surface area contributed by atoms with Crippen molar-refractivity contribution in [3.63, 3.8) is 0 Å². The lowest BCUT2D eigenvalue weighted by Crippen LogP contribution is -2.22. The summed E-state index contributed by atoms with van der Waals surface area (Å²) in [4.78, 5) is 0. The Kier molecular flexibility index (Phi) is 6.59. The van der Waals surface area contributed by atoms with E-state index in [0.717, 1.165) is 17.0 Å². The molecule has 0 fully saturated rings. The summed E-state index contributed by atoms with van der Waals surface area (Å²) in [6.45, 7) is 1.77. The maximum absolute atomic E-state index is 12.7. The molecule has 2 heterocycles. The number of halogens is 1. The smallest absolute Gasteiger partial charge is 0.271 e. The van der Waals surface area contributed by atoms with Gasteiger partial charge < -0.3 is 5.11 Å². The zero-order valence-corrected chi connectivity index (χ0v) is 19.6. The number of benzene rings is 2. The van der Waals surface area contributed by atoms with Crippen LogP contribution in [0.2, 0.25) is 5.15 Å². The van der Waals surface area contributed by atoms with Crippen LogP contribution in [0.3, 0.4) is 0 Å². The summed E-state index contributed by atoms with van der Waals surface area (Å²) in [5.41, 5.74) is 2.09. The maximum atomic E-state index is 12.7. The van der Waals surface area contributed by atoms with E-state index in [4.69, 9.17) is 11.6 Å². The van der Waals surface area contributed by atoms with E-state index in [1.165, 1.54) is 24.4 Å². The highest BCUT2D eigenvalue weighted by Crippen LogP contribution is 2.24. The second kappa shape index (κ2) is 9.57. The maximum Gasteiger partial charge on any atom is 0.271 e. The Hall–Kier alpha value is -3.47. The molecule has 0 spiro atoms. The van der Waals surface area contributed by atoms with Gasteiger partial charge in [-0.25, -0.2) is 13.1 Å². The fourth-order valence-corrected chi connectivity index (χ4v) is 5.35. The van der Waals surface area contributed by atoms with Crippen LogP contribution in [0.1, 0.15) is 16.8 Å². The Labute approximate surface area is 199 Å². The molecule has 8 nitrogen and oxygen atoms in total. The van der Waals surface area contributed by atoms with Crippen molar-refractivity contribution in [2.75, 3.05) is 4.72 Å². The fraction of sp³-hybridized carbons (Fsp3) is 0.0455. The van der Waals surface area contributed by atoms with Gasteiger partial charge in [-0.15, -0.1) is 11.3 Å². The zero-order valence-electron chi connectivity index (χ0n) is 17.2. The molecule has 0 amide bonds. The van der Waals surface area contributed by atoms with Crippen LogP contribution in [-0.2, 0) is 10.0 Å². The molecule has 0 aliphatic rings. The minimum absolute atomic E-state index is 0.0672. The van der Waals surface area contributed by atoms with E-state index in [0.29, 0.717) is 16.4 Å². The average molecular weight is 499 g/mol. The number of nitrogens with zero attached hydrogens (tertiary/aromatic N) is 4. The van der Waals surface area contributed by atoms with Crippen molar-refractivity contribution in [1.29, 1.82) is 0 Å². The summed E-state index contributed by atoms with van der Waals surface area (Å²) >= 11 is 7.53. The number of rotatable bonds is 7.